The van der Waals surface area contributed by atoms with Gasteiger partial charge in [0.15, 0.2) is 0 Å². The Hall–Kier alpha value is -0.260. The summed E-state index contributed by atoms with van der Waals surface area (Å²) in [6, 6.07) is 0. The van der Waals surface area contributed by atoms with E-state index >= 15 is 0 Å². The highest BCUT2D eigenvalue weighted by Crippen LogP contribution is 2.32. The Morgan fingerprint density at radius 3 is 2.38 bits per heavy atom. The van der Waals surface area contributed by atoms with Gasteiger partial charge in [-0.3, -0.25) is 0 Å². The third kappa shape index (κ3) is 3.17. The van der Waals surface area contributed by atoms with Crippen LogP contribution in [0.5, 0.6) is 0 Å². The molecule has 1 saturated carbocycles. The van der Waals surface area contributed by atoms with E-state index in [1.807, 2.05) is 0 Å². The van der Waals surface area contributed by atoms with E-state index in [2.05, 4.69) is 33.8 Å². The first-order valence-corrected chi connectivity index (χ1v) is 5.78. The van der Waals surface area contributed by atoms with Crippen LogP contribution >= 0.6 is 0 Å². The summed E-state index contributed by atoms with van der Waals surface area (Å²) in [6.07, 6.45) is 7.90. The van der Waals surface area contributed by atoms with Crippen LogP contribution in [0.25, 0.3) is 0 Å². The molecule has 1 rings (SSSR count). The van der Waals surface area contributed by atoms with Gasteiger partial charge in [0.1, 0.15) is 0 Å². The van der Waals surface area contributed by atoms with Crippen LogP contribution in [0, 0.1) is 17.8 Å². The van der Waals surface area contributed by atoms with E-state index in [9.17, 15) is 0 Å². The van der Waals surface area contributed by atoms with E-state index in [1.165, 1.54) is 25.7 Å². The summed E-state index contributed by atoms with van der Waals surface area (Å²) >= 11 is 0. The number of allylic oxidation sites excluding steroid dienone is 2. The fourth-order valence-corrected chi connectivity index (χ4v) is 2.74. The zero-order chi connectivity index (χ0) is 9.84. The summed E-state index contributed by atoms with van der Waals surface area (Å²) < 4.78 is 0. The third-order valence-electron chi connectivity index (χ3n) is 3.49. The van der Waals surface area contributed by atoms with Crippen LogP contribution < -0.4 is 0 Å². The molecule has 0 saturated heterocycles. The quantitative estimate of drug-likeness (QED) is 0.484. The molecule has 3 unspecified atom stereocenters. The van der Waals surface area contributed by atoms with Crippen molar-refractivity contribution >= 4 is 0 Å². The van der Waals surface area contributed by atoms with Crippen LogP contribution in [-0.2, 0) is 0 Å². The zero-order valence-electron chi connectivity index (χ0n) is 9.64. The molecule has 0 heterocycles. The first-order valence-electron chi connectivity index (χ1n) is 5.78. The molecule has 0 aliphatic heterocycles. The molecule has 13 heavy (non-hydrogen) atoms. The Morgan fingerprint density at radius 2 is 1.77 bits per heavy atom. The molecule has 3 atom stereocenters. The SMILES string of the molecule is CC=C1CCC(C)CC(C)CC1C. The van der Waals surface area contributed by atoms with Gasteiger partial charge in [-0.05, 0) is 50.4 Å². The average Bonchev–Trinajstić information content (AvgIpc) is 2.02. The summed E-state index contributed by atoms with van der Waals surface area (Å²) in [5.74, 6) is 2.67. The maximum atomic E-state index is 2.41. The van der Waals surface area contributed by atoms with Gasteiger partial charge < -0.3 is 0 Å². The second-order valence-corrected chi connectivity index (χ2v) is 4.99. The highest BCUT2D eigenvalue weighted by atomic mass is 14.2. The minimum atomic E-state index is 0.826. The third-order valence-corrected chi connectivity index (χ3v) is 3.49. The van der Waals surface area contributed by atoms with Crippen molar-refractivity contribution in [2.45, 2.75) is 53.4 Å². The maximum Gasteiger partial charge on any atom is -0.0229 e. The summed E-state index contributed by atoms with van der Waals surface area (Å²) in [4.78, 5) is 0. The van der Waals surface area contributed by atoms with Gasteiger partial charge in [0.2, 0.25) is 0 Å². The van der Waals surface area contributed by atoms with E-state index in [1.54, 1.807) is 5.57 Å². The minimum Gasteiger partial charge on any atom is -0.0882 e. The van der Waals surface area contributed by atoms with Gasteiger partial charge >= 0.3 is 0 Å². The molecule has 0 aromatic carbocycles. The maximum absolute atomic E-state index is 2.41. The number of hydrogen-bond acceptors (Lipinski definition) is 0. The fourth-order valence-electron chi connectivity index (χ4n) is 2.74. The molecule has 0 heteroatoms. The Labute approximate surface area is 83.4 Å². The van der Waals surface area contributed by atoms with E-state index in [0.717, 1.165) is 17.8 Å². The van der Waals surface area contributed by atoms with Crippen molar-refractivity contribution < 1.29 is 0 Å². The van der Waals surface area contributed by atoms with Crippen molar-refractivity contribution in [3.8, 4) is 0 Å². The van der Waals surface area contributed by atoms with Crippen molar-refractivity contribution in [2.24, 2.45) is 17.8 Å². The molecule has 0 aromatic heterocycles. The fraction of sp³-hybridized carbons (Fsp3) is 0.846. The van der Waals surface area contributed by atoms with Crippen LogP contribution in [0.15, 0.2) is 11.6 Å². The Bertz CT molecular complexity index is 178. The summed E-state index contributed by atoms with van der Waals surface area (Å²) in [5, 5.41) is 0. The lowest BCUT2D eigenvalue weighted by Gasteiger charge is -2.27. The van der Waals surface area contributed by atoms with Crippen LogP contribution in [0.1, 0.15) is 53.4 Å². The zero-order valence-corrected chi connectivity index (χ0v) is 9.64. The standard InChI is InChI=1S/C13H24/c1-5-13-7-6-10(2)8-11(3)9-12(13)4/h5,10-12H,6-9H2,1-4H3. The normalized spacial score (nSPS) is 40.0. The second-order valence-electron chi connectivity index (χ2n) is 4.99. The summed E-state index contributed by atoms with van der Waals surface area (Å²) in [7, 11) is 0. The minimum absolute atomic E-state index is 0.826. The average molecular weight is 180 g/mol. The van der Waals surface area contributed by atoms with Crippen molar-refractivity contribution in [1.29, 1.82) is 0 Å². The van der Waals surface area contributed by atoms with Gasteiger partial charge in [0.25, 0.3) is 0 Å². The molecule has 0 nitrogen and oxygen atoms in total. The topological polar surface area (TPSA) is 0 Å². The van der Waals surface area contributed by atoms with Gasteiger partial charge in [0, 0.05) is 0 Å². The predicted octanol–water partition coefficient (Wildman–Crippen LogP) is 4.42. The molecule has 1 fully saturated rings. The van der Waals surface area contributed by atoms with Gasteiger partial charge in [-0.25, -0.2) is 0 Å². The van der Waals surface area contributed by atoms with Crippen LogP contribution in [-0.4, -0.2) is 0 Å². The van der Waals surface area contributed by atoms with E-state index < -0.39 is 0 Å². The lowest BCUT2D eigenvalue weighted by molar-refractivity contribution is 0.321. The number of hydrogen-bond donors (Lipinski definition) is 0. The first kappa shape index (κ1) is 10.8. The molecule has 1 aliphatic carbocycles. The lowest BCUT2D eigenvalue weighted by Crippen LogP contribution is -2.14. The van der Waals surface area contributed by atoms with Crippen LogP contribution in [0.3, 0.4) is 0 Å². The number of rotatable bonds is 0. The highest BCUT2D eigenvalue weighted by Gasteiger charge is 2.18. The van der Waals surface area contributed by atoms with Crippen LogP contribution in [0.4, 0.5) is 0 Å². The van der Waals surface area contributed by atoms with Crippen molar-refractivity contribution in [3.05, 3.63) is 11.6 Å². The smallest absolute Gasteiger partial charge is 0.0229 e. The van der Waals surface area contributed by atoms with Gasteiger partial charge in [0.05, 0.1) is 0 Å². The Kier molecular flexibility index (Phi) is 4.02. The molecule has 0 amide bonds. The predicted molar refractivity (Wildman–Crippen MR) is 59.7 cm³/mol. The molecular formula is C13H24. The molecular weight excluding hydrogens is 156 g/mol. The van der Waals surface area contributed by atoms with Crippen molar-refractivity contribution in [2.75, 3.05) is 0 Å². The van der Waals surface area contributed by atoms with E-state index in [4.69, 9.17) is 0 Å². The molecule has 1 aliphatic rings. The molecule has 76 valence electrons. The Morgan fingerprint density at radius 1 is 1.08 bits per heavy atom. The van der Waals surface area contributed by atoms with Crippen LogP contribution in [0.2, 0.25) is 0 Å². The molecule has 0 aromatic rings. The summed E-state index contributed by atoms with van der Waals surface area (Å²) in [6.45, 7) is 9.40. The van der Waals surface area contributed by atoms with E-state index in [-0.39, 0.29) is 0 Å². The molecule has 0 spiro atoms. The largest absolute Gasteiger partial charge is 0.0882 e. The highest BCUT2D eigenvalue weighted by molar-refractivity contribution is 5.05. The van der Waals surface area contributed by atoms with Crippen molar-refractivity contribution in [1.82, 2.24) is 0 Å². The summed E-state index contributed by atoms with van der Waals surface area (Å²) in [5.41, 5.74) is 1.69. The molecule has 0 radical (unpaired) electrons. The second kappa shape index (κ2) is 4.83. The lowest BCUT2D eigenvalue weighted by atomic mass is 9.79. The van der Waals surface area contributed by atoms with Gasteiger partial charge in [-0.2, -0.15) is 0 Å². The van der Waals surface area contributed by atoms with E-state index in [0.29, 0.717) is 0 Å². The van der Waals surface area contributed by atoms with Gasteiger partial charge in [-0.15, -0.1) is 0 Å². The molecule has 0 bridgehead atoms. The Balaban J connectivity index is 2.61. The van der Waals surface area contributed by atoms with Crippen molar-refractivity contribution in [3.63, 3.8) is 0 Å². The monoisotopic (exact) mass is 180 g/mol. The van der Waals surface area contributed by atoms with Gasteiger partial charge in [-0.1, -0.05) is 32.4 Å². The molecule has 0 N–H and O–H groups in total. The first-order chi connectivity index (χ1) is 6.13.